The van der Waals surface area contributed by atoms with Gasteiger partial charge in [-0.1, -0.05) is 0 Å². The maximum atomic E-state index is 11.5. The zero-order chi connectivity index (χ0) is 12.5. The van der Waals surface area contributed by atoms with Crippen molar-refractivity contribution in [3.05, 3.63) is 30.1 Å². The second-order valence-electron chi connectivity index (χ2n) is 4.11. The molecule has 2 N–H and O–H groups in total. The summed E-state index contributed by atoms with van der Waals surface area (Å²) in [7, 11) is 4.01. The van der Waals surface area contributed by atoms with Crippen LogP contribution in [-0.4, -0.2) is 49.5 Å². The van der Waals surface area contributed by atoms with Gasteiger partial charge in [0.1, 0.15) is 0 Å². The molecule has 17 heavy (non-hydrogen) atoms. The Morgan fingerprint density at radius 2 is 2.06 bits per heavy atom. The molecule has 0 aliphatic rings. The second-order valence-corrected chi connectivity index (χ2v) is 4.11. The number of hydrogen-bond acceptors (Lipinski definition) is 4. The Balaban J connectivity index is 2.09. The van der Waals surface area contributed by atoms with Crippen LogP contribution < -0.4 is 10.6 Å². The fourth-order valence-electron chi connectivity index (χ4n) is 1.27. The first kappa shape index (κ1) is 13.6. The average Bonchev–Trinajstić information content (AvgIpc) is 2.33. The fraction of sp³-hybridized carbons (Fsp3) is 0.500. The normalized spacial score (nSPS) is 10.5. The summed E-state index contributed by atoms with van der Waals surface area (Å²) in [6.07, 6.45) is 3.44. The van der Waals surface area contributed by atoms with Crippen LogP contribution in [0.4, 0.5) is 0 Å². The van der Waals surface area contributed by atoms with Crippen LogP contribution in [0, 0.1) is 0 Å². The van der Waals surface area contributed by atoms with E-state index in [1.165, 1.54) is 0 Å². The third-order valence-corrected chi connectivity index (χ3v) is 2.26. The topological polar surface area (TPSA) is 57.3 Å². The van der Waals surface area contributed by atoms with E-state index in [2.05, 4.69) is 20.5 Å². The molecule has 0 aromatic carbocycles. The molecule has 0 saturated carbocycles. The molecule has 0 unspecified atom stereocenters. The lowest BCUT2D eigenvalue weighted by Crippen LogP contribution is -2.36. The maximum Gasteiger partial charge on any atom is 0.234 e. The molecular formula is C12H20N4O. The highest BCUT2D eigenvalue weighted by atomic mass is 16.1. The largest absolute Gasteiger partial charge is 0.351 e. The van der Waals surface area contributed by atoms with Crippen molar-refractivity contribution in [1.82, 2.24) is 20.5 Å². The zero-order valence-corrected chi connectivity index (χ0v) is 10.4. The van der Waals surface area contributed by atoms with Crippen molar-refractivity contribution < 1.29 is 4.79 Å². The van der Waals surface area contributed by atoms with E-state index in [4.69, 9.17) is 0 Å². The Morgan fingerprint density at radius 1 is 1.35 bits per heavy atom. The van der Waals surface area contributed by atoms with E-state index >= 15 is 0 Å². The quantitative estimate of drug-likeness (QED) is 0.646. The van der Waals surface area contributed by atoms with Gasteiger partial charge >= 0.3 is 0 Å². The number of aromatic nitrogens is 1. The summed E-state index contributed by atoms with van der Waals surface area (Å²) in [5.41, 5.74) is 1.06. The van der Waals surface area contributed by atoms with Crippen molar-refractivity contribution in [3.63, 3.8) is 0 Å². The highest BCUT2D eigenvalue weighted by Gasteiger charge is 2.00. The standard InChI is InChI=1S/C12H20N4O/c1-16(2)8-7-14-10-12(17)15-9-11-3-5-13-6-4-11/h3-6,14H,7-10H2,1-2H3,(H,15,17). The van der Waals surface area contributed by atoms with Gasteiger partial charge in [-0.3, -0.25) is 9.78 Å². The van der Waals surface area contributed by atoms with Gasteiger partial charge in [-0.25, -0.2) is 0 Å². The number of hydrogen-bond donors (Lipinski definition) is 2. The summed E-state index contributed by atoms with van der Waals surface area (Å²) in [6.45, 7) is 2.66. The van der Waals surface area contributed by atoms with Crippen LogP contribution in [0.5, 0.6) is 0 Å². The molecule has 94 valence electrons. The van der Waals surface area contributed by atoms with Crippen molar-refractivity contribution in [2.24, 2.45) is 0 Å². The minimum atomic E-state index is 0.0144. The number of nitrogens with one attached hydrogen (secondary N) is 2. The minimum absolute atomic E-state index is 0.0144. The van der Waals surface area contributed by atoms with E-state index in [1.807, 2.05) is 26.2 Å². The number of amides is 1. The van der Waals surface area contributed by atoms with E-state index in [9.17, 15) is 4.79 Å². The van der Waals surface area contributed by atoms with E-state index in [0.29, 0.717) is 13.1 Å². The van der Waals surface area contributed by atoms with Gasteiger partial charge in [0.15, 0.2) is 0 Å². The molecule has 0 radical (unpaired) electrons. The number of likely N-dealkylation sites (N-methyl/N-ethyl adjacent to an activating group) is 1. The molecule has 1 rings (SSSR count). The van der Waals surface area contributed by atoms with Crippen LogP contribution in [-0.2, 0) is 11.3 Å². The predicted octanol–water partition coefficient (Wildman–Crippen LogP) is -0.151. The summed E-state index contributed by atoms with van der Waals surface area (Å²) in [4.78, 5) is 17.4. The molecule has 0 bridgehead atoms. The molecule has 0 aliphatic carbocycles. The van der Waals surface area contributed by atoms with E-state index in [0.717, 1.165) is 18.7 Å². The monoisotopic (exact) mass is 236 g/mol. The van der Waals surface area contributed by atoms with Crippen LogP contribution in [0.3, 0.4) is 0 Å². The summed E-state index contributed by atoms with van der Waals surface area (Å²) in [5, 5.41) is 5.93. The molecule has 0 spiro atoms. The molecule has 1 aromatic rings. The SMILES string of the molecule is CN(C)CCNCC(=O)NCc1ccncc1. The molecular weight excluding hydrogens is 216 g/mol. The third-order valence-electron chi connectivity index (χ3n) is 2.26. The molecule has 5 heteroatoms. The van der Waals surface area contributed by atoms with Crippen LogP contribution in [0.15, 0.2) is 24.5 Å². The van der Waals surface area contributed by atoms with Crippen molar-refractivity contribution in [1.29, 1.82) is 0 Å². The van der Waals surface area contributed by atoms with Crippen LogP contribution in [0.25, 0.3) is 0 Å². The molecule has 1 heterocycles. The van der Waals surface area contributed by atoms with E-state index in [-0.39, 0.29) is 5.91 Å². The Hall–Kier alpha value is -1.46. The summed E-state index contributed by atoms with van der Waals surface area (Å²) >= 11 is 0. The van der Waals surface area contributed by atoms with Crippen molar-refractivity contribution >= 4 is 5.91 Å². The lowest BCUT2D eigenvalue weighted by atomic mass is 10.3. The van der Waals surface area contributed by atoms with E-state index in [1.54, 1.807) is 12.4 Å². The maximum absolute atomic E-state index is 11.5. The molecule has 0 saturated heterocycles. The molecule has 0 fully saturated rings. The van der Waals surface area contributed by atoms with Gasteiger partial charge in [-0.05, 0) is 31.8 Å². The molecule has 0 aliphatic heterocycles. The Kier molecular flexibility index (Phi) is 6.21. The molecule has 0 atom stereocenters. The predicted molar refractivity (Wildman–Crippen MR) is 67.5 cm³/mol. The smallest absolute Gasteiger partial charge is 0.234 e. The van der Waals surface area contributed by atoms with Gasteiger partial charge in [0.2, 0.25) is 5.91 Å². The third kappa shape index (κ3) is 6.65. The van der Waals surface area contributed by atoms with Crippen LogP contribution in [0.2, 0.25) is 0 Å². The van der Waals surface area contributed by atoms with Gasteiger partial charge in [0, 0.05) is 32.0 Å². The first-order valence-electron chi connectivity index (χ1n) is 5.69. The number of nitrogens with zero attached hydrogens (tertiary/aromatic N) is 2. The Morgan fingerprint density at radius 3 is 2.71 bits per heavy atom. The molecule has 1 aromatic heterocycles. The zero-order valence-electron chi connectivity index (χ0n) is 10.4. The number of carbonyl (C=O) groups is 1. The minimum Gasteiger partial charge on any atom is -0.351 e. The highest BCUT2D eigenvalue weighted by molar-refractivity contribution is 5.77. The first-order valence-corrected chi connectivity index (χ1v) is 5.69. The average molecular weight is 236 g/mol. The highest BCUT2D eigenvalue weighted by Crippen LogP contribution is 1.94. The number of rotatable bonds is 7. The van der Waals surface area contributed by atoms with Crippen LogP contribution >= 0.6 is 0 Å². The molecule has 1 amide bonds. The second kappa shape index (κ2) is 7.76. The van der Waals surface area contributed by atoms with Crippen molar-refractivity contribution in [3.8, 4) is 0 Å². The van der Waals surface area contributed by atoms with Gasteiger partial charge in [0.25, 0.3) is 0 Å². The van der Waals surface area contributed by atoms with Gasteiger partial charge in [-0.2, -0.15) is 0 Å². The van der Waals surface area contributed by atoms with Crippen molar-refractivity contribution in [2.75, 3.05) is 33.7 Å². The lowest BCUT2D eigenvalue weighted by Gasteiger charge is -2.10. The van der Waals surface area contributed by atoms with Gasteiger partial charge in [-0.15, -0.1) is 0 Å². The van der Waals surface area contributed by atoms with Crippen LogP contribution in [0.1, 0.15) is 5.56 Å². The van der Waals surface area contributed by atoms with Crippen molar-refractivity contribution in [2.45, 2.75) is 6.54 Å². The van der Waals surface area contributed by atoms with Gasteiger partial charge in [0.05, 0.1) is 6.54 Å². The lowest BCUT2D eigenvalue weighted by molar-refractivity contribution is -0.120. The summed E-state index contributed by atoms with van der Waals surface area (Å²) in [6, 6.07) is 3.78. The summed E-state index contributed by atoms with van der Waals surface area (Å²) in [5.74, 6) is 0.0144. The Labute approximate surface area is 102 Å². The Bertz CT molecular complexity index is 327. The number of carbonyl (C=O) groups excluding carboxylic acids is 1. The van der Waals surface area contributed by atoms with Gasteiger partial charge < -0.3 is 15.5 Å². The fourth-order valence-corrected chi connectivity index (χ4v) is 1.27. The molecule has 5 nitrogen and oxygen atoms in total. The van der Waals surface area contributed by atoms with E-state index < -0.39 is 0 Å². The number of pyridine rings is 1. The first-order chi connectivity index (χ1) is 8.18. The summed E-state index contributed by atoms with van der Waals surface area (Å²) < 4.78 is 0.